The molecule has 2 aliphatic rings. The van der Waals surface area contributed by atoms with E-state index in [1.54, 1.807) is 6.08 Å². The summed E-state index contributed by atoms with van der Waals surface area (Å²) in [5.41, 5.74) is 0. The molecule has 0 spiro atoms. The number of hydrogen-bond acceptors (Lipinski definition) is 2. The van der Waals surface area contributed by atoms with Crippen molar-refractivity contribution < 1.29 is 9.47 Å². The standard InChI is InChI=1S/C15H20Br2O2/c1-3-5-6-7-12-15-9-14(18-12)11(17)8-13(19-15)10(16)4-2/h1,5-6,10-15H,4,7-9H2,2H3/b6-5+/t10?,11-,12+,13-,14-,15-/m1/s1. The molecule has 6 atom stereocenters. The van der Waals surface area contributed by atoms with Crippen LogP contribution in [0.3, 0.4) is 0 Å². The Labute approximate surface area is 132 Å². The van der Waals surface area contributed by atoms with Crippen molar-refractivity contribution in [3.63, 3.8) is 0 Å². The lowest BCUT2D eigenvalue weighted by Gasteiger charge is -2.30. The van der Waals surface area contributed by atoms with Crippen molar-refractivity contribution in [3.05, 3.63) is 12.2 Å². The van der Waals surface area contributed by atoms with Gasteiger partial charge in [-0.05, 0) is 25.3 Å². The van der Waals surface area contributed by atoms with Gasteiger partial charge in [-0.2, -0.15) is 0 Å². The predicted octanol–water partition coefficient (Wildman–Crippen LogP) is 3.82. The van der Waals surface area contributed by atoms with Gasteiger partial charge in [0, 0.05) is 16.1 Å². The van der Waals surface area contributed by atoms with E-state index in [1.807, 2.05) is 6.08 Å². The van der Waals surface area contributed by atoms with Crippen molar-refractivity contribution in [2.24, 2.45) is 0 Å². The molecule has 1 unspecified atom stereocenters. The Kier molecular flexibility index (Phi) is 5.95. The molecule has 0 saturated carbocycles. The van der Waals surface area contributed by atoms with E-state index in [0.717, 1.165) is 25.7 Å². The summed E-state index contributed by atoms with van der Waals surface area (Å²) in [6.07, 6.45) is 13.7. The fourth-order valence-corrected chi connectivity index (χ4v) is 3.80. The van der Waals surface area contributed by atoms with Gasteiger partial charge in [-0.15, -0.1) is 6.42 Å². The van der Waals surface area contributed by atoms with E-state index < -0.39 is 0 Å². The van der Waals surface area contributed by atoms with Crippen LogP contribution in [0, 0.1) is 12.3 Å². The Morgan fingerprint density at radius 1 is 1.37 bits per heavy atom. The van der Waals surface area contributed by atoms with Crippen LogP contribution >= 0.6 is 31.9 Å². The van der Waals surface area contributed by atoms with Crippen LogP contribution in [0.2, 0.25) is 0 Å². The molecule has 0 aliphatic carbocycles. The highest BCUT2D eigenvalue weighted by Gasteiger charge is 2.44. The largest absolute Gasteiger partial charge is 0.371 e. The Bertz CT molecular complexity index is 364. The van der Waals surface area contributed by atoms with E-state index in [-0.39, 0.29) is 24.4 Å². The minimum Gasteiger partial charge on any atom is -0.371 e. The van der Waals surface area contributed by atoms with Gasteiger partial charge in [0.05, 0.1) is 24.4 Å². The van der Waals surface area contributed by atoms with Gasteiger partial charge in [0.15, 0.2) is 0 Å². The number of halogens is 2. The zero-order chi connectivity index (χ0) is 13.8. The highest BCUT2D eigenvalue weighted by atomic mass is 79.9. The number of hydrogen-bond donors (Lipinski definition) is 0. The quantitative estimate of drug-likeness (QED) is 0.535. The molecule has 19 heavy (non-hydrogen) atoms. The summed E-state index contributed by atoms with van der Waals surface area (Å²) in [5.74, 6) is 2.51. The summed E-state index contributed by atoms with van der Waals surface area (Å²) in [4.78, 5) is 0.782. The van der Waals surface area contributed by atoms with Crippen molar-refractivity contribution in [2.45, 2.75) is 66.7 Å². The lowest BCUT2D eigenvalue weighted by molar-refractivity contribution is -0.0732. The van der Waals surface area contributed by atoms with E-state index >= 15 is 0 Å². The number of fused-ring (bicyclic) bond motifs is 2. The summed E-state index contributed by atoms with van der Waals surface area (Å²) >= 11 is 7.49. The second-order valence-electron chi connectivity index (χ2n) is 5.14. The average Bonchev–Trinajstić information content (AvgIpc) is 2.72. The van der Waals surface area contributed by atoms with Crippen molar-refractivity contribution in [1.82, 2.24) is 0 Å². The lowest BCUT2D eigenvalue weighted by Crippen LogP contribution is -2.36. The number of allylic oxidation sites excluding steroid dienone is 1. The fraction of sp³-hybridized carbons (Fsp3) is 0.733. The SMILES string of the molecule is C#C/C=C/C[C@@H]1O[C@@H]2C[C@H]1O[C@@H](C(Br)CC)C[C@H]2Br. The molecule has 0 aromatic heterocycles. The van der Waals surface area contributed by atoms with E-state index in [2.05, 4.69) is 44.7 Å². The first kappa shape index (κ1) is 15.6. The summed E-state index contributed by atoms with van der Waals surface area (Å²) in [7, 11) is 0. The second kappa shape index (κ2) is 7.26. The number of rotatable bonds is 4. The highest BCUT2D eigenvalue weighted by Crippen LogP contribution is 2.38. The predicted molar refractivity (Wildman–Crippen MR) is 84.9 cm³/mol. The molecule has 2 saturated heterocycles. The maximum atomic E-state index is 6.28. The molecule has 2 rings (SSSR count). The van der Waals surface area contributed by atoms with Crippen LogP contribution in [-0.4, -0.2) is 34.1 Å². The third kappa shape index (κ3) is 3.85. The summed E-state index contributed by atoms with van der Waals surface area (Å²) in [5, 5.41) is 0. The van der Waals surface area contributed by atoms with Crippen LogP contribution in [0.4, 0.5) is 0 Å². The smallest absolute Gasteiger partial charge is 0.0876 e. The van der Waals surface area contributed by atoms with Crippen LogP contribution in [0.5, 0.6) is 0 Å². The molecule has 2 bridgehead atoms. The summed E-state index contributed by atoms with van der Waals surface area (Å²) < 4.78 is 12.4. The lowest BCUT2D eigenvalue weighted by atomic mass is 10.1. The van der Waals surface area contributed by atoms with Crippen molar-refractivity contribution >= 4 is 31.9 Å². The van der Waals surface area contributed by atoms with E-state index in [4.69, 9.17) is 15.9 Å². The van der Waals surface area contributed by atoms with Crippen molar-refractivity contribution in [1.29, 1.82) is 0 Å². The Morgan fingerprint density at radius 3 is 2.84 bits per heavy atom. The van der Waals surface area contributed by atoms with Gasteiger partial charge in [0.1, 0.15) is 0 Å². The van der Waals surface area contributed by atoms with Crippen LogP contribution in [0.25, 0.3) is 0 Å². The Balaban J connectivity index is 2.02. The average molecular weight is 392 g/mol. The molecule has 2 heterocycles. The fourth-order valence-electron chi connectivity index (χ4n) is 2.75. The van der Waals surface area contributed by atoms with Gasteiger partial charge in [-0.25, -0.2) is 0 Å². The third-order valence-electron chi connectivity index (χ3n) is 3.82. The topological polar surface area (TPSA) is 18.5 Å². The molecule has 0 N–H and O–H groups in total. The maximum absolute atomic E-state index is 6.28. The van der Waals surface area contributed by atoms with Crippen molar-refractivity contribution in [3.8, 4) is 12.3 Å². The molecule has 0 aromatic rings. The molecule has 0 aromatic carbocycles. The normalized spacial score (nSPS) is 40.0. The Morgan fingerprint density at radius 2 is 2.16 bits per heavy atom. The van der Waals surface area contributed by atoms with Crippen LogP contribution < -0.4 is 0 Å². The molecule has 4 heteroatoms. The maximum Gasteiger partial charge on any atom is 0.0876 e. The van der Waals surface area contributed by atoms with Crippen LogP contribution in [-0.2, 0) is 9.47 Å². The van der Waals surface area contributed by atoms with Crippen LogP contribution in [0.15, 0.2) is 12.2 Å². The molecule has 2 fully saturated rings. The van der Waals surface area contributed by atoms with E-state index in [0.29, 0.717) is 9.65 Å². The van der Waals surface area contributed by atoms with Gasteiger partial charge in [-0.1, -0.05) is 50.8 Å². The molecule has 0 radical (unpaired) electrons. The Hall–Kier alpha value is 0.180. The first-order valence-electron chi connectivity index (χ1n) is 6.85. The first-order chi connectivity index (χ1) is 9.15. The summed E-state index contributed by atoms with van der Waals surface area (Å²) in [6, 6.07) is 0. The molecular weight excluding hydrogens is 372 g/mol. The van der Waals surface area contributed by atoms with E-state index in [1.165, 1.54) is 0 Å². The molecular formula is C15H20Br2O2. The number of alkyl halides is 2. The van der Waals surface area contributed by atoms with Gasteiger partial charge < -0.3 is 9.47 Å². The zero-order valence-electron chi connectivity index (χ0n) is 11.1. The highest BCUT2D eigenvalue weighted by molar-refractivity contribution is 9.09. The van der Waals surface area contributed by atoms with Crippen LogP contribution in [0.1, 0.15) is 32.6 Å². The zero-order valence-corrected chi connectivity index (χ0v) is 14.3. The minimum absolute atomic E-state index is 0.133. The number of ether oxygens (including phenoxy) is 2. The van der Waals surface area contributed by atoms with Gasteiger partial charge in [0.2, 0.25) is 0 Å². The van der Waals surface area contributed by atoms with Gasteiger partial charge in [0.25, 0.3) is 0 Å². The minimum atomic E-state index is 0.133. The monoisotopic (exact) mass is 390 g/mol. The third-order valence-corrected chi connectivity index (χ3v) is 6.02. The molecule has 2 nitrogen and oxygen atoms in total. The molecule has 106 valence electrons. The van der Waals surface area contributed by atoms with Gasteiger partial charge in [-0.3, -0.25) is 0 Å². The molecule has 0 amide bonds. The van der Waals surface area contributed by atoms with Crippen molar-refractivity contribution in [2.75, 3.05) is 0 Å². The first-order valence-corrected chi connectivity index (χ1v) is 8.69. The van der Waals surface area contributed by atoms with Gasteiger partial charge >= 0.3 is 0 Å². The number of terminal acetylenes is 1. The second-order valence-corrected chi connectivity index (χ2v) is 7.49. The van der Waals surface area contributed by atoms with E-state index in [9.17, 15) is 0 Å². The summed E-state index contributed by atoms with van der Waals surface area (Å²) in [6.45, 7) is 2.18. The molecule has 2 aliphatic heterocycles.